The fourth-order valence-electron chi connectivity index (χ4n) is 2.16. The van der Waals surface area contributed by atoms with Crippen molar-refractivity contribution in [3.05, 3.63) is 53.6 Å². The zero-order valence-electron chi connectivity index (χ0n) is 12.6. The first-order valence-electron chi connectivity index (χ1n) is 6.58. The fourth-order valence-corrected chi connectivity index (χ4v) is 2.78. The lowest BCUT2D eigenvalue weighted by Gasteiger charge is -2.12. The maximum atomic E-state index is 11.4. The van der Waals surface area contributed by atoms with E-state index < -0.39 is 16.0 Å². The van der Waals surface area contributed by atoms with Gasteiger partial charge in [0.05, 0.1) is 24.6 Å². The van der Waals surface area contributed by atoms with Crippen molar-refractivity contribution in [3.63, 3.8) is 0 Å². The minimum Gasteiger partial charge on any atom is -0.465 e. The average molecular weight is 319 g/mol. The van der Waals surface area contributed by atoms with Crippen LogP contribution in [0.2, 0.25) is 0 Å². The van der Waals surface area contributed by atoms with Crippen molar-refractivity contribution in [3.8, 4) is 11.1 Å². The molecule has 1 N–H and O–H groups in total. The quantitative estimate of drug-likeness (QED) is 0.880. The molecule has 5 nitrogen and oxygen atoms in total. The Hall–Kier alpha value is -2.34. The molecule has 0 atom stereocenters. The number of ether oxygens (including phenoxy) is 1. The second kappa shape index (κ2) is 6.19. The molecule has 0 aliphatic heterocycles. The molecule has 0 unspecified atom stereocenters. The Morgan fingerprint density at radius 2 is 1.73 bits per heavy atom. The number of carbonyl (C=O) groups excluding carboxylic acids is 1. The number of hydrogen-bond donors (Lipinski definition) is 1. The summed E-state index contributed by atoms with van der Waals surface area (Å²) in [7, 11) is -2.00. The Bertz CT molecular complexity index is 795. The minimum atomic E-state index is -3.33. The van der Waals surface area contributed by atoms with E-state index in [9.17, 15) is 13.2 Å². The standard InChI is InChI=1S/C16H17NO4S/c1-11-14(5-4-6-15(11)17-22(3,19)20)12-7-9-13(10-8-12)16(18)21-2/h4-10,17H,1-3H3. The van der Waals surface area contributed by atoms with Crippen LogP contribution in [0.5, 0.6) is 0 Å². The van der Waals surface area contributed by atoms with Gasteiger partial charge in [0.2, 0.25) is 10.0 Å². The number of esters is 1. The van der Waals surface area contributed by atoms with Gasteiger partial charge in [-0.3, -0.25) is 4.72 Å². The van der Waals surface area contributed by atoms with Gasteiger partial charge >= 0.3 is 5.97 Å². The molecular weight excluding hydrogens is 302 g/mol. The van der Waals surface area contributed by atoms with Crippen LogP contribution >= 0.6 is 0 Å². The molecule has 0 spiro atoms. The molecule has 0 aromatic heterocycles. The summed E-state index contributed by atoms with van der Waals surface area (Å²) < 4.78 is 29.9. The van der Waals surface area contributed by atoms with E-state index in [2.05, 4.69) is 9.46 Å². The van der Waals surface area contributed by atoms with Gasteiger partial charge in [-0.15, -0.1) is 0 Å². The van der Waals surface area contributed by atoms with Crippen molar-refractivity contribution in [2.24, 2.45) is 0 Å². The zero-order chi connectivity index (χ0) is 16.3. The van der Waals surface area contributed by atoms with Gasteiger partial charge in [-0.1, -0.05) is 24.3 Å². The van der Waals surface area contributed by atoms with Crippen molar-refractivity contribution in [1.82, 2.24) is 0 Å². The van der Waals surface area contributed by atoms with Crippen LogP contribution in [0, 0.1) is 6.92 Å². The molecule has 2 rings (SSSR count). The van der Waals surface area contributed by atoms with Crippen LogP contribution in [0.15, 0.2) is 42.5 Å². The predicted molar refractivity (Wildman–Crippen MR) is 86.4 cm³/mol. The highest BCUT2D eigenvalue weighted by atomic mass is 32.2. The molecule has 6 heteroatoms. The molecule has 0 fully saturated rings. The van der Waals surface area contributed by atoms with Gasteiger partial charge in [0.15, 0.2) is 0 Å². The van der Waals surface area contributed by atoms with Crippen LogP contribution in [-0.2, 0) is 14.8 Å². The molecular formula is C16H17NO4S. The van der Waals surface area contributed by atoms with Gasteiger partial charge in [-0.25, -0.2) is 13.2 Å². The predicted octanol–water partition coefficient (Wildman–Crippen LogP) is 2.82. The summed E-state index contributed by atoms with van der Waals surface area (Å²) in [5, 5.41) is 0. The average Bonchev–Trinajstić information content (AvgIpc) is 2.47. The Morgan fingerprint density at radius 3 is 2.27 bits per heavy atom. The number of benzene rings is 2. The highest BCUT2D eigenvalue weighted by Gasteiger charge is 2.10. The van der Waals surface area contributed by atoms with Gasteiger partial charge in [0.1, 0.15) is 0 Å². The Kier molecular flexibility index (Phi) is 4.51. The van der Waals surface area contributed by atoms with Gasteiger partial charge in [0, 0.05) is 0 Å². The van der Waals surface area contributed by atoms with E-state index in [4.69, 9.17) is 0 Å². The lowest BCUT2D eigenvalue weighted by molar-refractivity contribution is 0.0600. The van der Waals surface area contributed by atoms with Crippen LogP contribution in [0.25, 0.3) is 11.1 Å². The monoisotopic (exact) mass is 319 g/mol. The molecule has 116 valence electrons. The molecule has 0 amide bonds. The summed E-state index contributed by atoms with van der Waals surface area (Å²) in [4.78, 5) is 11.4. The lowest BCUT2D eigenvalue weighted by atomic mass is 9.98. The summed E-state index contributed by atoms with van der Waals surface area (Å²) in [6.07, 6.45) is 1.12. The van der Waals surface area contributed by atoms with Crippen LogP contribution in [0.4, 0.5) is 5.69 Å². The number of anilines is 1. The molecule has 0 aliphatic carbocycles. The van der Waals surface area contributed by atoms with Gasteiger partial charge in [-0.2, -0.15) is 0 Å². The van der Waals surface area contributed by atoms with Crippen molar-refractivity contribution in [2.75, 3.05) is 18.1 Å². The first kappa shape index (κ1) is 16.0. The summed E-state index contributed by atoms with van der Waals surface area (Å²) in [5.74, 6) is -0.393. The molecule has 0 heterocycles. The summed E-state index contributed by atoms with van der Waals surface area (Å²) in [6.45, 7) is 1.84. The molecule has 0 aliphatic rings. The molecule has 0 saturated heterocycles. The normalized spacial score (nSPS) is 11.0. The second-order valence-corrected chi connectivity index (χ2v) is 6.67. The first-order valence-corrected chi connectivity index (χ1v) is 8.47. The van der Waals surface area contributed by atoms with Gasteiger partial charge < -0.3 is 4.74 Å². The van der Waals surface area contributed by atoms with Crippen LogP contribution in [0.1, 0.15) is 15.9 Å². The highest BCUT2D eigenvalue weighted by molar-refractivity contribution is 7.92. The van der Waals surface area contributed by atoms with Gasteiger partial charge in [-0.05, 0) is 41.8 Å². The molecule has 2 aromatic rings. The first-order chi connectivity index (χ1) is 10.3. The number of hydrogen-bond acceptors (Lipinski definition) is 4. The van der Waals surface area contributed by atoms with Crippen LogP contribution in [0.3, 0.4) is 0 Å². The molecule has 0 bridgehead atoms. The zero-order valence-corrected chi connectivity index (χ0v) is 13.4. The maximum Gasteiger partial charge on any atom is 0.337 e. The Balaban J connectivity index is 2.41. The molecule has 22 heavy (non-hydrogen) atoms. The third-order valence-electron chi connectivity index (χ3n) is 3.25. The van der Waals surface area contributed by atoms with E-state index in [-0.39, 0.29) is 0 Å². The van der Waals surface area contributed by atoms with Gasteiger partial charge in [0.25, 0.3) is 0 Å². The van der Waals surface area contributed by atoms with Crippen molar-refractivity contribution in [2.45, 2.75) is 6.92 Å². The molecule has 0 saturated carbocycles. The number of rotatable bonds is 4. The van der Waals surface area contributed by atoms with E-state index in [0.717, 1.165) is 22.9 Å². The van der Waals surface area contributed by atoms with Crippen LogP contribution < -0.4 is 4.72 Å². The van der Waals surface area contributed by atoms with Crippen molar-refractivity contribution in [1.29, 1.82) is 0 Å². The van der Waals surface area contributed by atoms with E-state index in [1.807, 2.05) is 13.0 Å². The Labute approximate surface area is 130 Å². The largest absolute Gasteiger partial charge is 0.465 e. The van der Waals surface area contributed by atoms with E-state index >= 15 is 0 Å². The van der Waals surface area contributed by atoms with E-state index in [1.54, 1.807) is 36.4 Å². The number of sulfonamides is 1. The maximum absolute atomic E-state index is 11.4. The van der Waals surface area contributed by atoms with E-state index in [0.29, 0.717) is 11.3 Å². The molecule has 0 radical (unpaired) electrons. The highest BCUT2D eigenvalue weighted by Crippen LogP contribution is 2.29. The topological polar surface area (TPSA) is 72.5 Å². The molecule has 2 aromatic carbocycles. The third-order valence-corrected chi connectivity index (χ3v) is 3.84. The number of carbonyl (C=O) groups is 1. The number of methoxy groups -OCH3 is 1. The van der Waals surface area contributed by atoms with Crippen LogP contribution in [-0.4, -0.2) is 27.8 Å². The minimum absolute atomic E-state index is 0.393. The summed E-state index contributed by atoms with van der Waals surface area (Å²) in [5.41, 5.74) is 3.61. The Morgan fingerprint density at radius 1 is 1.09 bits per heavy atom. The second-order valence-electron chi connectivity index (χ2n) is 4.92. The van der Waals surface area contributed by atoms with E-state index in [1.165, 1.54) is 7.11 Å². The fraction of sp³-hybridized carbons (Fsp3) is 0.188. The smallest absolute Gasteiger partial charge is 0.337 e. The lowest BCUT2D eigenvalue weighted by Crippen LogP contribution is -2.10. The van der Waals surface area contributed by atoms with Crippen molar-refractivity contribution >= 4 is 21.7 Å². The SMILES string of the molecule is COC(=O)c1ccc(-c2cccc(NS(C)(=O)=O)c2C)cc1. The summed E-state index contributed by atoms with van der Waals surface area (Å²) in [6, 6.07) is 12.4. The third kappa shape index (κ3) is 3.65. The summed E-state index contributed by atoms with van der Waals surface area (Å²) >= 11 is 0. The van der Waals surface area contributed by atoms with Crippen molar-refractivity contribution < 1.29 is 17.9 Å². The number of nitrogens with one attached hydrogen (secondary N) is 1.